The van der Waals surface area contributed by atoms with Crippen molar-refractivity contribution in [3.8, 4) is 0 Å². The maximum absolute atomic E-state index is 12.9. The van der Waals surface area contributed by atoms with Crippen molar-refractivity contribution in [1.82, 2.24) is 10.2 Å². The van der Waals surface area contributed by atoms with E-state index in [1.54, 1.807) is 0 Å². The fourth-order valence-electron chi connectivity index (χ4n) is 2.10. The first-order chi connectivity index (χ1) is 9.40. The Bertz CT molecular complexity index is 554. The first-order valence-electron chi connectivity index (χ1n) is 6.32. The van der Waals surface area contributed by atoms with Crippen molar-refractivity contribution < 1.29 is 18.8 Å². The molecular weight excluding hydrogens is 263 g/mol. The Kier molecular flexibility index (Phi) is 3.83. The Morgan fingerprint density at radius 3 is 2.35 bits per heavy atom. The van der Waals surface area contributed by atoms with Gasteiger partial charge in [0.15, 0.2) is 0 Å². The van der Waals surface area contributed by atoms with Crippen LogP contribution in [0.25, 0.3) is 0 Å². The van der Waals surface area contributed by atoms with Crippen molar-refractivity contribution in [3.05, 3.63) is 35.6 Å². The normalized spacial score (nSPS) is 19.5. The second kappa shape index (κ2) is 5.40. The lowest BCUT2D eigenvalue weighted by molar-refractivity contribution is -0.139. The summed E-state index contributed by atoms with van der Waals surface area (Å²) in [4.78, 5) is 36.9. The molecule has 5 nitrogen and oxygen atoms in total. The van der Waals surface area contributed by atoms with Gasteiger partial charge in [0.05, 0.1) is 0 Å². The van der Waals surface area contributed by atoms with Gasteiger partial charge in [-0.3, -0.25) is 19.8 Å². The van der Waals surface area contributed by atoms with E-state index in [9.17, 15) is 18.8 Å². The molecular formula is C14H15FN2O3. The molecule has 1 heterocycles. The van der Waals surface area contributed by atoms with E-state index in [-0.39, 0.29) is 12.5 Å². The van der Waals surface area contributed by atoms with E-state index in [1.807, 2.05) is 13.8 Å². The van der Waals surface area contributed by atoms with Crippen LogP contribution in [0.4, 0.5) is 9.18 Å². The molecule has 4 amide bonds. The van der Waals surface area contributed by atoms with Crippen molar-refractivity contribution in [3.63, 3.8) is 0 Å². The van der Waals surface area contributed by atoms with E-state index >= 15 is 0 Å². The van der Waals surface area contributed by atoms with Crippen LogP contribution in [0.5, 0.6) is 0 Å². The Labute approximate surface area is 115 Å². The molecule has 1 aliphatic heterocycles. The van der Waals surface area contributed by atoms with E-state index in [0.29, 0.717) is 5.56 Å². The number of hydrogen-bond acceptors (Lipinski definition) is 3. The Morgan fingerprint density at radius 1 is 1.20 bits per heavy atom. The number of halogens is 1. The molecule has 0 radical (unpaired) electrons. The summed E-state index contributed by atoms with van der Waals surface area (Å²) in [7, 11) is 0. The first-order valence-corrected chi connectivity index (χ1v) is 6.32. The molecule has 1 fully saturated rings. The van der Waals surface area contributed by atoms with Gasteiger partial charge in [-0.15, -0.1) is 0 Å². The summed E-state index contributed by atoms with van der Waals surface area (Å²) in [6.45, 7) is 3.96. The lowest BCUT2D eigenvalue weighted by Crippen LogP contribution is -2.57. The number of rotatable bonds is 3. The van der Waals surface area contributed by atoms with Gasteiger partial charge in [-0.2, -0.15) is 0 Å². The van der Waals surface area contributed by atoms with E-state index in [0.717, 1.165) is 4.90 Å². The van der Waals surface area contributed by atoms with Gasteiger partial charge < -0.3 is 0 Å². The highest BCUT2D eigenvalue weighted by Crippen LogP contribution is 2.23. The van der Waals surface area contributed by atoms with E-state index in [1.165, 1.54) is 24.3 Å². The number of imide groups is 2. The van der Waals surface area contributed by atoms with E-state index in [2.05, 4.69) is 5.32 Å². The largest absolute Gasteiger partial charge is 0.330 e. The third-order valence-electron chi connectivity index (χ3n) is 3.00. The van der Waals surface area contributed by atoms with Gasteiger partial charge in [0.1, 0.15) is 11.7 Å². The van der Waals surface area contributed by atoms with Crippen LogP contribution in [-0.4, -0.2) is 29.3 Å². The first kappa shape index (κ1) is 14.2. The molecule has 6 heteroatoms. The molecule has 0 aliphatic carbocycles. The zero-order chi connectivity index (χ0) is 14.9. The molecule has 20 heavy (non-hydrogen) atoms. The summed E-state index contributed by atoms with van der Waals surface area (Å²) in [6, 6.07) is 4.41. The number of amides is 4. The van der Waals surface area contributed by atoms with Crippen molar-refractivity contribution in [2.24, 2.45) is 5.92 Å². The molecule has 2 rings (SSSR count). The topological polar surface area (TPSA) is 66.5 Å². The standard InChI is InChI=1S/C14H15FN2O3/c1-8(2)7-17-13(19)11(12(18)16-14(17)20)9-3-5-10(15)6-4-9/h3-6,8,11H,7H2,1-2H3,(H,16,18,20). The summed E-state index contributed by atoms with van der Waals surface area (Å²) >= 11 is 0. The second-order valence-electron chi connectivity index (χ2n) is 5.12. The highest BCUT2D eigenvalue weighted by Gasteiger charge is 2.41. The SMILES string of the molecule is CC(C)CN1C(=O)NC(=O)C(c2ccc(F)cc2)C1=O. The molecule has 1 aromatic carbocycles. The van der Waals surface area contributed by atoms with E-state index in [4.69, 9.17) is 0 Å². The zero-order valence-electron chi connectivity index (χ0n) is 11.2. The van der Waals surface area contributed by atoms with Crippen LogP contribution in [0, 0.1) is 11.7 Å². The summed E-state index contributed by atoms with van der Waals surface area (Å²) in [5, 5.41) is 2.16. The fourth-order valence-corrected chi connectivity index (χ4v) is 2.10. The Balaban J connectivity index is 2.32. The minimum Gasteiger partial charge on any atom is -0.277 e. The smallest absolute Gasteiger partial charge is 0.277 e. The summed E-state index contributed by atoms with van der Waals surface area (Å²) in [6.07, 6.45) is 0. The second-order valence-corrected chi connectivity index (χ2v) is 5.12. The maximum Gasteiger partial charge on any atom is 0.330 e. The molecule has 106 valence electrons. The van der Waals surface area contributed by atoms with Crippen molar-refractivity contribution in [2.45, 2.75) is 19.8 Å². The fraction of sp³-hybridized carbons (Fsp3) is 0.357. The number of barbiturate groups is 1. The minimum absolute atomic E-state index is 0.0896. The van der Waals surface area contributed by atoms with Crippen LogP contribution in [0.3, 0.4) is 0 Å². The van der Waals surface area contributed by atoms with Crippen LogP contribution in [0.1, 0.15) is 25.3 Å². The zero-order valence-corrected chi connectivity index (χ0v) is 11.2. The number of hydrogen-bond donors (Lipinski definition) is 1. The monoisotopic (exact) mass is 278 g/mol. The molecule has 1 atom stereocenters. The quantitative estimate of drug-likeness (QED) is 0.855. The third kappa shape index (κ3) is 2.68. The lowest BCUT2D eigenvalue weighted by Gasteiger charge is -2.31. The van der Waals surface area contributed by atoms with Gasteiger partial charge >= 0.3 is 6.03 Å². The molecule has 0 bridgehead atoms. The van der Waals surface area contributed by atoms with Gasteiger partial charge in [0.25, 0.3) is 0 Å². The number of nitrogens with one attached hydrogen (secondary N) is 1. The molecule has 1 aliphatic rings. The summed E-state index contributed by atoms with van der Waals surface area (Å²) in [5.41, 5.74) is 0.371. The Hall–Kier alpha value is -2.24. The summed E-state index contributed by atoms with van der Waals surface area (Å²) < 4.78 is 12.9. The van der Waals surface area contributed by atoms with Gasteiger partial charge in [-0.05, 0) is 23.6 Å². The molecule has 1 saturated heterocycles. The van der Waals surface area contributed by atoms with Gasteiger partial charge in [0, 0.05) is 6.54 Å². The average Bonchev–Trinajstić information content (AvgIpc) is 2.36. The number of nitrogens with zero attached hydrogens (tertiary/aromatic N) is 1. The predicted octanol–water partition coefficient (Wildman–Crippen LogP) is 1.64. The number of benzene rings is 1. The predicted molar refractivity (Wildman–Crippen MR) is 69.2 cm³/mol. The number of carbonyl (C=O) groups excluding carboxylic acids is 3. The third-order valence-corrected chi connectivity index (χ3v) is 3.00. The number of carbonyl (C=O) groups is 3. The van der Waals surface area contributed by atoms with E-state index < -0.39 is 29.6 Å². The van der Waals surface area contributed by atoms with Crippen LogP contribution in [0.15, 0.2) is 24.3 Å². The Morgan fingerprint density at radius 2 is 1.80 bits per heavy atom. The van der Waals surface area contributed by atoms with Crippen molar-refractivity contribution in [2.75, 3.05) is 6.54 Å². The number of urea groups is 1. The maximum atomic E-state index is 12.9. The minimum atomic E-state index is -1.10. The highest BCUT2D eigenvalue weighted by atomic mass is 19.1. The van der Waals surface area contributed by atoms with Crippen LogP contribution >= 0.6 is 0 Å². The van der Waals surface area contributed by atoms with Crippen LogP contribution in [-0.2, 0) is 9.59 Å². The van der Waals surface area contributed by atoms with Gasteiger partial charge in [-0.25, -0.2) is 9.18 Å². The highest BCUT2D eigenvalue weighted by molar-refractivity contribution is 6.19. The molecule has 0 spiro atoms. The molecule has 0 aromatic heterocycles. The average molecular weight is 278 g/mol. The molecule has 1 unspecified atom stereocenters. The van der Waals surface area contributed by atoms with Crippen LogP contribution < -0.4 is 5.32 Å². The van der Waals surface area contributed by atoms with Gasteiger partial charge in [-0.1, -0.05) is 26.0 Å². The lowest BCUT2D eigenvalue weighted by atomic mass is 9.94. The molecule has 1 aromatic rings. The molecule has 0 saturated carbocycles. The summed E-state index contributed by atoms with van der Waals surface area (Å²) in [5.74, 6) is -2.71. The van der Waals surface area contributed by atoms with Crippen molar-refractivity contribution >= 4 is 17.8 Å². The van der Waals surface area contributed by atoms with Crippen molar-refractivity contribution in [1.29, 1.82) is 0 Å². The molecule has 1 N–H and O–H groups in total. The van der Waals surface area contributed by atoms with Gasteiger partial charge in [0.2, 0.25) is 11.8 Å². The van der Waals surface area contributed by atoms with Crippen LogP contribution in [0.2, 0.25) is 0 Å².